The van der Waals surface area contributed by atoms with E-state index in [2.05, 4.69) is 4.99 Å². The van der Waals surface area contributed by atoms with Crippen molar-refractivity contribution in [3.05, 3.63) is 70.2 Å². The van der Waals surface area contributed by atoms with Crippen LogP contribution >= 0.6 is 35.8 Å². The first kappa shape index (κ1) is 14.9. The van der Waals surface area contributed by atoms with E-state index in [1.54, 1.807) is 11.8 Å². The van der Waals surface area contributed by atoms with Gasteiger partial charge in [0.2, 0.25) is 0 Å². The Labute approximate surface area is 138 Å². The third-order valence-electron chi connectivity index (χ3n) is 3.86. The van der Waals surface area contributed by atoms with E-state index in [0.29, 0.717) is 5.02 Å². The van der Waals surface area contributed by atoms with E-state index in [1.807, 2.05) is 48.5 Å². The van der Waals surface area contributed by atoms with Gasteiger partial charge in [-0.2, -0.15) is 0 Å². The average molecular weight is 338 g/mol. The molecule has 21 heavy (non-hydrogen) atoms. The zero-order valence-electron chi connectivity index (χ0n) is 11.0. The number of nitrogens with zero attached hydrogens (tertiary/aromatic N) is 1. The topological polar surface area (TPSA) is 32.6 Å². The summed E-state index contributed by atoms with van der Waals surface area (Å²) in [6.45, 7) is 0. The van der Waals surface area contributed by atoms with Crippen molar-refractivity contribution in [3.8, 4) is 0 Å². The van der Waals surface area contributed by atoms with Crippen LogP contribution in [0, 0.1) is 0 Å². The molecule has 2 aromatic rings. The molecular formula is C16H13Cl2NOS. The lowest BCUT2D eigenvalue weighted by atomic mass is 10.1. The minimum atomic E-state index is -1.10. The van der Waals surface area contributed by atoms with Crippen LogP contribution in [0.25, 0.3) is 0 Å². The summed E-state index contributed by atoms with van der Waals surface area (Å²) in [6.07, 6.45) is 0.802. The van der Waals surface area contributed by atoms with Crippen molar-refractivity contribution in [2.45, 2.75) is 17.4 Å². The van der Waals surface area contributed by atoms with Crippen LogP contribution in [-0.4, -0.2) is 15.4 Å². The van der Waals surface area contributed by atoms with Gasteiger partial charge in [0.1, 0.15) is 5.04 Å². The molecular weight excluding hydrogens is 325 g/mol. The minimum absolute atomic E-state index is 0. The maximum atomic E-state index is 11.0. The Hall–Kier alpha value is -1.00. The number of hydrogen-bond donors (Lipinski definition) is 1. The van der Waals surface area contributed by atoms with Gasteiger partial charge in [-0.05, 0) is 24.1 Å². The van der Waals surface area contributed by atoms with Gasteiger partial charge in [0, 0.05) is 16.1 Å². The van der Waals surface area contributed by atoms with Gasteiger partial charge in [-0.15, -0.1) is 12.4 Å². The number of benzene rings is 2. The second kappa shape index (κ2) is 5.33. The van der Waals surface area contributed by atoms with Gasteiger partial charge < -0.3 is 5.11 Å². The number of thioether (sulfide) groups is 1. The Morgan fingerprint density at radius 1 is 1.19 bits per heavy atom. The maximum Gasteiger partial charge on any atom is 0.196 e. The number of aliphatic imine (C=N–C) groups is 1. The first-order valence-electron chi connectivity index (χ1n) is 6.50. The number of aliphatic hydroxyl groups is 1. The van der Waals surface area contributed by atoms with Crippen LogP contribution in [0.2, 0.25) is 5.02 Å². The monoisotopic (exact) mass is 337 g/mol. The van der Waals surface area contributed by atoms with Gasteiger partial charge in [0.05, 0.1) is 5.25 Å². The van der Waals surface area contributed by atoms with E-state index in [4.69, 9.17) is 11.6 Å². The largest absolute Gasteiger partial charge is 0.365 e. The third-order valence-corrected chi connectivity index (χ3v) is 5.43. The first-order chi connectivity index (χ1) is 9.67. The van der Waals surface area contributed by atoms with Gasteiger partial charge in [-0.25, -0.2) is 4.99 Å². The lowest BCUT2D eigenvalue weighted by Gasteiger charge is -2.19. The van der Waals surface area contributed by atoms with Crippen LogP contribution in [0.3, 0.4) is 0 Å². The van der Waals surface area contributed by atoms with E-state index >= 15 is 0 Å². The predicted octanol–water partition coefficient (Wildman–Crippen LogP) is 4.03. The number of halogens is 2. The molecule has 0 saturated heterocycles. The van der Waals surface area contributed by atoms with Crippen LogP contribution in [0.4, 0.5) is 0 Å². The van der Waals surface area contributed by atoms with Gasteiger partial charge in [0.25, 0.3) is 0 Å². The van der Waals surface area contributed by atoms with E-state index < -0.39 is 5.72 Å². The molecule has 0 amide bonds. The van der Waals surface area contributed by atoms with E-state index in [0.717, 1.165) is 28.2 Å². The normalized spacial score (nSPS) is 25.8. The maximum absolute atomic E-state index is 11.0. The molecule has 0 fully saturated rings. The summed E-state index contributed by atoms with van der Waals surface area (Å²) < 4.78 is 0. The van der Waals surface area contributed by atoms with Crippen LogP contribution in [0.15, 0.2) is 53.5 Å². The summed E-state index contributed by atoms with van der Waals surface area (Å²) in [5.74, 6) is 0. The van der Waals surface area contributed by atoms with E-state index in [1.165, 1.54) is 0 Å². The quantitative estimate of drug-likeness (QED) is 0.852. The van der Waals surface area contributed by atoms with Crippen molar-refractivity contribution in [2.75, 3.05) is 0 Å². The van der Waals surface area contributed by atoms with Gasteiger partial charge in [-0.3, -0.25) is 0 Å². The molecule has 0 spiro atoms. The second-order valence-corrected chi connectivity index (χ2v) is 6.75. The highest BCUT2D eigenvalue weighted by Crippen LogP contribution is 2.50. The molecule has 0 aromatic heterocycles. The SMILES string of the molecule is Cl.OC12N=C(c3ccccc3)SC1Cc1cc(Cl)ccc12. The van der Waals surface area contributed by atoms with Crippen molar-refractivity contribution >= 4 is 40.8 Å². The molecule has 4 rings (SSSR count). The van der Waals surface area contributed by atoms with Crippen LogP contribution in [0.1, 0.15) is 16.7 Å². The molecule has 1 aliphatic heterocycles. The molecule has 2 atom stereocenters. The molecule has 108 valence electrons. The highest BCUT2D eigenvalue weighted by Gasteiger charge is 2.50. The molecule has 1 aliphatic carbocycles. The Morgan fingerprint density at radius 2 is 1.95 bits per heavy atom. The highest BCUT2D eigenvalue weighted by molar-refractivity contribution is 8.15. The summed E-state index contributed by atoms with van der Waals surface area (Å²) in [4.78, 5) is 4.62. The molecule has 2 aromatic carbocycles. The fourth-order valence-corrected chi connectivity index (χ4v) is 4.43. The average Bonchev–Trinajstić information content (AvgIpc) is 2.90. The van der Waals surface area contributed by atoms with Crippen LogP contribution in [0.5, 0.6) is 0 Å². The fraction of sp³-hybridized carbons (Fsp3) is 0.188. The van der Waals surface area contributed by atoms with Crippen molar-refractivity contribution in [1.82, 2.24) is 0 Å². The molecule has 2 aliphatic rings. The van der Waals surface area contributed by atoms with Crippen molar-refractivity contribution in [3.63, 3.8) is 0 Å². The standard InChI is InChI=1S/C16H12ClNOS.ClH/c17-12-6-7-13-11(8-12)9-14-16(13,19)18-15(20-14)10-4-2-1-3-5-10;/h1-8,14,19H,9H2;1H. The summed E-state index contributed by atoms with van der Waals surface area (Å²) in [5, 5.41) is 12.6. The highest BCUT2D eigenvalue weighted by atomic mass is 35.5. The fourth-order valence-electron chi connectivity index (χ4n) is 2.89. The minimum Gasteiger partial charge on any atom is -0.365 e. The molecule has 1 N–H and O–H groups in total. The first-order valence-corrected chi connectivity index (χ1v) is 7.76. The van der Waals surface area contributed by atoms with Crippen molar-refractivity contribution in [2.24, 2.45) is 4.99 Å². The molecule has 5 heteroatoms. The van der Waals surface area contributed by atoms with Gasteiger partial charge in [0.15, 0.2) is 5.72 Å². The number of rotatable bonds is 1. The second-order valence-electron chi connectivity index (χ2n) is 5.12. The molecule has 0 saturated carbocycles. The molecule has 1 heterocycles. The summed E-state index contributed by atoms with van der Waals surface area (Å²) in [5.41, 5.74) is 1.96. The van der Waals surface area contributed by atoms with Crippen molar-refractivity contribution in [1.29, 1.82) is 0 Å². The number of hydrogen-bond acceptors (Lipinski definition) is 3. The summed E-state index contributed by atoms with van der Waals surface area (Å²) in [6, 6.07) is 15.7. The summed E-state index contributed by atoms with van der Waals surface area (Å²) in [7, 11) is 0. The molecule has 2 nitrogen and oxygen atoms in total. The van der Waals surface area contributed by atoms with Gasteiger partial charge in [-0.1, -0.05) is 59.8 Å². The predicted molar refractivity (Wildman–Crippen MR) is 90.7 cm³/mol. The lowest BCUT2D eigenvalue weighted by molar-refractivity contribution is 0.0581. The molecule has 0 bridgehead atoms. The Kier molecular flexibility index (Phi) is 3.78. The Morgan fingerprint density at radius 3 is 2.71 bits per heavy atom. The molecule has 0 radical (unpaired) electrons. The lowest BCUT2D eigenvalue weighted by Crippen LogP contribution is -2.27. The zero-order valence-corrected chi connectivity index (χ0v) is 13.4. The third kappa shape index (κ3) is 2.29. The number of fused-ring (bicyclic) bond motifs is 3. The van der Waals surface area contributed by atoms with E-state index in [-0.39, 0.29) is 17.7 Å². The van der Waals surface area contributed by atoms with Crippen LogP contribution < -0.4 is 0 Å². The van der Waals surface area contributed by atoms with Crippen LogP contribution in [-0.2, 0) is 12.1 Å². The Bertz CT molecular complexity index is 719. The Balaban J connectivity index is 0.00000132. The van der Waals surface area contributed by atoms with E-state index in [9.17, 15) is 5.11 Å². The smallest absolute Gasteiger partial charge is 0.196 e. The summed E-state index contributed by atoms with van der Waals surface area (Å²) >= 11 is 7.68. The van der Waals surface area contributed by atoms with Crippen molar-refractivity contribution < 1.29 is 5.11 Å². The zero-order chi connectivity index (χ0) is 13.7. The molecule has 2 unspecified atom stereocenters. The van der Waals surface area contributed by atoms with Gasteiger partial charge >= 0.3 is 0 Å².